The Kier molecular flexibility index (Phi) is 7.36. The lowest BCUT2D eigenvalue weighted by molar-refractivity contribution is -0.145. The summed E-state index contributed by atoms with van der Waals surface area (Å²) in [6.45, 7) is 8.56. The SMILES string of the molecule is C[C@H]1CC[C@@]2(C)C(CC[C@@H]3C2CC[C@@]2(C)C3CC[C@@H]2c2cc(COC(=O)CCCCCN)on2)C1. The Morgan fingerprint density at radius 1 is 1.06 bits per heavy atom. The molecule has 0 amide bonds. The van der Waals surface area contributed by atoms with Crippen molar-refractivity contribution in [1.82, 2.24) is 5.16 Å². The maximum Gasteiger partial charge on any atom is 0.306 e. The molecular formula is C30H48N2O3. The van der Waals surface area contributed by atoms with E-state index >= 15 is 0 Å². The van der Waals surface area contributed by atoms with Crippen LogP contribution in [0.3, 0.4) is 0 Å². The van der Waals surface area contributed by atoms with Crippen LogP contribution in [0.2, 0.25) is 0 Å². The zero-order valence-corrected chi connectivity index (χ0v) is 22.4. The van der Waals surface area contributed by atoms with Gasteiger partial charge in [-0.25, -0.2) is 0 Å². The molecule has 4 aliphatic carbocycles. The van der Waals surface area contributed by atoms with E-state index in [-0.39, 0.29) is 12.6 Å². The largest absolute Gasteiger partial charge is 0.457 e. The Balaban J connectivity index is 1.21. The number of hydrogen-bond acceptors (Lipinski definition) is 5. The molecule has 8 atom stereocenters. The van der Waals surface area contributed by atoms with Gasteiger partial charge in [-0.3, -0.25) is 4.79 Å². The van der Waals surface area contributed by atoms with Crippen LogP contribution in [0.5, 0.6) is 0 Å². The number of nitrogens with two attached hydrogens (primary N) is 1. The number of ether oxygens (including phenoxy) is 1. The van der Waals surface area contributed by atoms with Gasteiger partial charge in [-0.2, -0.15) is 0 Å². The molecule has 4 saturated carbocycles. The first kappa shape index (κ1) is 25.3. The number of nitrogens with zero attached hydrogens (tertiary/aromatic N) is 1. The topological polar surface area (TPSA) is 78.4 Å². The van der Waals surface area contributed by atoms with Gasteiger partial charge < -0.3 is 15.0 Å². The third-order valence-corrected chi connectivity index (χ3v) is 11.3. The first-order chi connectivity index (χ1) is 16.8. The first-order valence-electron chi connectivity index (χ1n) is 14.7. The van der Waals surface area contributed by atoms with E-state index in [1.54, 1.807) is 0 Å². The molecule has 0 saturated heterocycles. The first-order valence-corrected chi connectivity index (χ1v) is 14.7. The Labute approximate surface area is 212 Å². The zero-order chi connectivity index (χ0) is 24.6. The minimum absolute atomic E-state index is 0.160. The van der Waals surface area contributed by atoms with Gasteiger partial charge in [0.2, 0.25) is 0 Å². The van der Waals surface area contributed by atoms with E-state index in [9.17, 15) is 4.79 Å². The van der Waals surface area contributed by atoms with E-state index in [2.05, 4.69) is 32.0 Å². The van der Waals surface area contributed by atoms with Crippen LogP contribution < -0.4 is 5.73 Å². The summed E-state index contributed by atoms with van der Waals surface area (Å²) in [4.78, 5) is 12.0. The van der Waals surface area contributed by atoms with E-state index in [0.717, 1.165) is 54.5 Å². The number of esters is 1. The number of fused-ring (bicyclic) bond motifs is 5. The van der Waals surface area contributed by atoms with Crippen molar-refractivity contribution in [3.8, 4) is 0 Å². The van der Waals surface area contributed by atoms with Crippen LogP contribution in [-0.2, 0) is 16.1 Å². The van der Waals surface area contributed by atoms with Crippen molar-refractivity contribution in [3.05, 3.63) is 17.5 Å². The summed E-state index contributed by atoms with van der Waals surface area (Å²) in [7, 11) is 0. The van der Waals surface area contributed by atoms with E-state index in [1.165, 1.54) is 57.8 Å². The highest BCUT2D eigenvalue weighted by Gasteiger charge is 2.60. The van der Waals surface area contributed by atoms with Gasteiger partial charge in [0.15, 0.2) is 12.4 Å². The molecule has 5 rings (SSSR count). The second kappa shape index (κ2) is 10.2. The van der Waals surface area contributed by atoms with Crippen LogP contribution in [0.15, 0.2) is 10.6 Å². The lowest BCUT2D eigenvalue weighted by Crippen LogP contribution is -2.53. The average Bonchev–Trinajstić information content (AvgIpc) is 3.44. The molecule has 5 heteroatoms. The number of aromatic nitrogens is 1. The van der Waals surface area contributed by atoms with Crippen molar-refractivity contribution < 1.29 is 14.1 Å². The molecule has 0 aromatic carbocycles. The van der Waals surface area contributed by atoms with Gasteiger partial charge in [-0.05, 0) is 111 Å². The van der Waals surface area contributed by atoms with Crippen LogP contribution in [-0.4, -0.2) is 17.7 Å². The quantitative estimate of drug-likeness (QED) is 0.317. The van der Waals surface area contributed by atoms with Crippen molar-refractivity contribution in [1.29, 1.82) is 0 Å². The van der Waals surface area contributed by atoms with Crippen LogP contribution in [0.1, 0.15) is 122 Å². The molecule has 0 bridgehead atoms. The molecular weight excluding hydrogens is 436 g/mol. The number of carbonyl (C=O) groups excluding carboxylic acids is 1. The molecule has 4 fully saturated rings. The van der Waals surface area contributed by atoms with Gasteiger partial charge in [0, 0.05) is 18.4 Å². The van der Waals surface area contributed by atoms with Crippen LogP contribution >= 0.6 is 0 Å². The molecule has 1 heterocycles. The highest BCUT2D eigenvalue weighted by atomic mass is 16.5. The molecule has 2 N–H and O–H groups in total. The second-order valence-corrected chi connectivity index (χ2v) is 13.2. The lowest BCUT2D eigenvalue weighted by atomic mass is 9.44. The lowest BCUT2D eigenvalue weighted by Gasteiger charge is -2.61. The monoisotopic (exact) mass is 484 g/mol. The summed E-state index contributed by atoms with van der Waals surface area (Å²) >= 11 is 0. The molecule has 196 valence electrons. The van der Waals surface area contributed by atoms with Crippen molar-refractivity contribution in [2.45, 2.75) is 117 Å². The third kappa shape index (κ3) is 4.71. The van der Waals surface area contributed by atoms with Gasteiger partial charge in [-0.15, -0.1) is 0 Å². The van der Waals surface area contributed by atoms with E-state index in [1.807, 2.05) is 0 Å². The van der Waals surface area contributed by atoms with E-state index < -0.39 is 0 Å². The molecule has 0 radical (unpaired) electrons. The summed E-state index contributed by atoms with van der Waals surface area (Å²) in [6.07, 6.45) is 15.7. The average molecular weight is 485 g/mol. The minimum Gasteiger partial charge on any atom is -0.457 e. The summed E-state index contributed by atoms with van der Waals surface area (Å²) in [5.74, 6) is 5.49. The fraction of sp³-hybridized carbons (Fsp3) is 0.867. The fourth-order valence-electron chi connectivity index (χ4n) is 9.33. The highest BCUT2D eigenvalue weighted by molar-refractivity contribution is 5.69. The van der Waals surface area contributed by atoms with Gasteiger partial charge in [0.05, 0.1) is 5.69 Å². The predicted octanol–water partition coefficient (Wildman–Crippen LogP) is 7.00. The molecule has 0 aliphatic heterocycles. The summed E-state index contributed by atoms with van der Waals surface area (Å²) < 4.78 is 11.1. The molecule has 4 aliphatic rings. The van der Waals surface area contributed by atoms with Gasteiger partial charge >= 0.3 is 5.97 Å². The Morgan fingerprint density at radius 3 is 2.69 bits per heavy atom. The van der Waals surface area contributed by atoms with Crippen molar-refractivity contribution in [2.75, 3.05) is 6.54 Å². The Bertz CT molecular complexity index is 883. The van der Waals surface area contributed by atoms with E-state index in [4.69, 9.17) is 15.0 Å². The Hall–Kier alpha value is -1.36. The van der Waals surface area contributed by atoms with Gasteiger partial charge in [0.25, 0.3) is 0 Å². The molecule has 0 spiro atoms. The zero-order valence-electron chi connectivity index (χ0n) is 22.4. The molecule has 5 nitrogen and oxygen atoms in total. The molecule has 35 heavy (non-hydrogen) atoms. The standard InChI is InChI=1S/C30H48N2O3/c1-20-12-14-29(2)21(17-20)8-9-23-24-10-11-26(30(24,3)15-13-25(23)29)27-18-22(35-32-27)19-34-28(33)7-5-4-6-16-31/h18,20-21,23-26H,4-17,19,31H2,1-3H3/t20-,21?,23-,24?,25?,26+,29-,30-/m0/s1. The summed E-state index contributed by atoms with van der Waals surface area (Å²) in [5, 5.41) is 4.51. The smallest absolute Gasteiger partial charge is 0.306 e. The Morgan fingerprint density at radius 2 is 1.86 bits per heavy atom. The van der Waals surface area contributed by atoms with Crippen LogP contribution in [0.25, 0.3) is 0 Å². The summed E-state index contributed by atoms with van der Waals surface area (Å²) in [5.41, 5.74) is 7.50. The summed E-state index contributed by atoms with van der Waals surface area (Å²) in [6, 6.07) is 2.08. The van der Waals surface area contributed by atoms with Gasteiger partial charge in [-0.1, -0.05) is 38.8 Å². The third-order valence-electron chi connectivity index (χ3n) is 11.3. The number of rotatable bonds is 8. The molecule has 3 unspecified atom stereocenters. The van der Waals surface area contributed by atoms with Crippen LogP contribution in [0, 0.1) is 40.4 Å². The maximum absolute atomic E-state index is 12.0. The van der Waals surface area contributed by atoms with Crippen molar-refractivity contribution >= 4 is 5.97 Å². The van der Waals surface area contributed by atoms with Gasteiger partial charge in [0.1, 0.15) is 0 Å². The highest BCUT2D eigenvalue weighted by Crippen LogP contribution is 2.69. The second-order valence-electron chi connectivity index (χ2n) is 13.2. The van der Waals surface area contributed by atoms with E-state index in [0.29, 0.717) is 35.5 Å². The fourth-order valence-corrected chi connectivity index (χ4v) is 9.33. The molecule has 1 aromatic heterocycles. The maximum atomic E-state index is 12.0. The number of carbonyl (C=O) groups is 1. The molecule has 1 aromatic rings. The van der Waals surface area contributed by atoms with Crippen molar-refractivity contribution in [3.63, 3.8) is 0 Å². The number of unbranched alkanes of at least 4 members (excludes halogenated alkanes) is 2. The van der Waals surface area contributed by atoms with Crippen molar-refractivity contribution in [2.24, 2.45) is 46.2 Å². The van der Waals surface area contributed by atoms with Crippen LogP contribution in [0.4, 0.5) is 0 Å². The predicted molar refractivity (Wildman–Crippen MR) is 137 cm³/mol. The minimum atomic E-state index is -0.160. The number of hydrogen-bond donors (Lipinski definition) is 1. The normalized spacial score (nSPS) is 40.6.